The topological polar surface area (TPSA) is 58.5 Å². The van der Waals surface area contributed by atoms with Crippen molar-refractivity contribution in [3.63, 3.8) is 0 Å². The molecule has 1 rings (SSSR count). The van der Waals surface area contributed by atoms with Crippen LogP contribution in [0.2, 0.25) is 0 Å². The van der Waals surface area contributed by atoms with E-state index < -0.39 is 9.84 Å². The van der Waals surface area contributed by atoms with Crippen LogP contribution in [0, 0.1) is 0 Å². The van der Waals surface area contributed by atoms with Gasteiger partial charge in [0.15, 0.2) is 0 Å². The molecule has 0 spiro atoms. The van der Waals surface area contributed by atoms with Crippen molar-refractivity contribution in [3.05, 3.63) is 11.1 Å². The standard InChI is InChI=1S/C6H9BrN2O2S/c1-2-8-3-5-4-9-6(7)12(5,10)11/h4,8H,2-3H2,1H3. The minimum Gasteiger partial charge on any atom is -0.312 e. The Balaban J connectivity index is 2.74. The molecule has 1 heterocycles. The lowest BCUT2D eigenvalue weighted by atomic mass is 10.5. The van der Waals surface area contributed by atoms with Crippen LogP contribution in [-0.2, 0) is 9.84 Å². The lowest BCUT2D eigenvalue weighted by molar-refractivity contribution is 0.611. The minimum atomic E-state index is -3.27. The van der Waals surface area contributed by atoms with Gasteiger partial charge in [0, 0.05) is 12.7 Å². The number of rotatable bonds is 3. The maximum Gasteiger partial charge on any atom is 0.229 e. The summed E-state index contributed by atoms with van der Waals surface area (Å²) in [5.41, 5.74) is 0. The van der Waals surface area contributed by atoms with Crippen molar-refractivity contribution >= 4 is 29.7 Å². The molecule has 0 unspecified atom stereocenters. The second-order valence-electron chi connectivity index (χ2n) is 2.26. The molecule has 0 saturated heterocycles. The van der Waals surface area contributed by atoms with Gasteiger partial charge in [0.1, 0.15) is 0 Å². The van der Waals surface area contributed by atoms with Gasteiger partial charge in [0.25, 0.3) is 0 Å². The number of aliphatic imine (C=N–C) groups is 1. The normalized spacial score (nSPS) is 20.5. The van der Waals surface area contributed by atoms with Crippen molar-refractivity contribution in [1.29, 1.82) is 0 Å². The number of nitrogens with zero attached hydrogens (tertiary/aromatic N) is 1. The summed E-state index contributed by atoms with van der Waals surface area (Å²) in [5.74, 6) is 0. The third kappa shape index (κ3) is 1.75. The van der Waals surface area contributed by atoms with E-state index in [4.69, 9.17) is 0 Å². The van der Waals surface area contributed by atoms with E-state index in [1.54, 1.807) is 0 Å². The smallest absolute Gasteiger partial charge is 0.229 e. The van der Waals surface area contributed by atoms with Crippen molar-refractivity contribution in [2.45, 2.75) is 6.92 Å². The first-order valence-corrected chi connectivity index (χ1v) is 5.74. The molecule has 0 aromatic carbocycles. The first-order chi connectivity index (χ1) is 5.59. The SMILES string of the molecule is CCNCC1=CN=C(Br)S1(=O)=O. The number of likely N-dealkylation sites (N-methyl/N-ethyl adjacent to an activating group) is 1. The summed E-state index contributed by atoms with van der Waals surface area (Å²) >= 11 is 2.87. The highest BCUT2D eigenvalue weighted by Crippen LogP contribution is 2.19. The molecule has 1 aliphatic heterocycles. The molecule has 68 valence electrons. The van der Waals surface area contributed by atoms with Crippen molar-refractivity contribution in [1.82, 2.24) is 5.32 Å². The van der Waals surface area contributed by atoms with E-state index in [-0.39, 0.29) is 3.95 Å². The van der Waals surface area contributed by atoms with E-state index in [1.807, 2.05) is 6.92 Å². The molecule has 4 nitrogen and oxygen atoms in total. The highest BCUT2D eigenvalue weighted by Gasteiger charge is 2.26. The molecular formula is C6H9BrN2O2S. The quantitative estimate of drug-likeness (QED) is 0.802. The molecule has 0 radical (unpaired) electrons. The molecule has 0 aliphatic carbocycles. The van der Waals surface area contributed by atoms with Crippen LogP contribution < -0.4 is 5.32 Å². The van der Waals surface area contributed by atoms with Crippen molar-refractivity contribution < 1.29 is 8.42 Å². The van der Waals surface area contributed by atoms with E-state index in [0.717, 1.165) is 6.54 Å². The van der Waals surface area contributed by atoms with Gasteiger partial charge in [0.2, 0.25) is 13.8 Å². The molecule has 0 bridgehead atoms. The van der Waals surface area contributed by atoms with E-state index in [2.05, 4.69) is 26.2 Å². The van der Waals surface area contributed by atoms with Crippen LogP contribution in [0.25, 0.3) is 0 Å². The zero-order valence-electron chi connectivity index (χ0n) is 6.54. The molecule has 6 heteroatoms. The van der Waals surface area contributed by atoms with Crippen LogP contribution in [0.15, 0.2) is 16.1 Å². The van der Waals surface area contributed by atoms with E-state index in [1.165, 1.54) is 6.20 Å². The van der Waals surface area contributed by atoms with E-state index in [0.29, 0.717) is 11.4 Å². The first-order valence-electron chi connectivity index (χ1n) is 3.47. The fourth-order valence-electron chi connectivity index (χ4n) is 0.759. The zero-order valence-corrected chi connectivity index (χ0v) is 8.94. The van der Waals surface area contributed by atoms with Crippen LogP contribution >= 0.6 is 15.9 Å². The number of hydrogen-bond donors (Lipinski definition) is 1. The predicted octanol–water partition coefficient (Wildman–Crippen LogP) is 0.617. The van der Waals surface area contributed by atoms with E-state index >= 15 is 0 Å². The highest BCUT2D eigenvalue weighted by atomic mass is 79.9. The maximum atomic E-state index is 11.3. The Morgan fingerprint density at radius 1 is 1.67 bits per heavy atom. The van der Waals surface area contributed by atoms with Gasteiger partial charge in [-0.3, -0.25) is 0 Å². The average Bonchev–Trinajstić information content (AvgIpc) is 2.25. The van der Waals surface area contributed by atoms with Gasteiger partial charge in [0.05, 0.1) is 4.91 Å². The summed E-state index contributed by atoms with van der Waals surface area (Å²) in [6.45, 7) is 3.00. The fourth-order valence-corrected chi connectivity index (χ4v) is 2.38. The van der Waals surface area contributed by atoms with Gasteiger partial charge in [-0.15, -0.1) is 0 Å². The molecule has 12 heavy (non-hydrogen) atoms. The number of halogens is 1. The molecule has 0 aromatic heterocycles. The molecular weight excluding hydrogens is 244 g/mol. The molecule has 0 atom stereocenters. The summed E-state index contributed by atoms with van der Waals surface area (Å²) in [5, 5.41) is 2.92. The fraction of sp³-hybridized carbons (Fsp3) is 0.500. The van der Waals surface area contributed by atoms with Crippen LogP contribution in [0.4, 0.5) is 0 Å². The zero-order chi connectivity index (χ0) is 9.19. The number of sulfone groups is 1. The summed E-state index contributed by atoms with van der Waals surface area (Å²) in [7, 11) is -3.27. The second-order valence-corrected chi connectivity index (χ2v) is 5.46. The lowest BCUT2D eigenvalue weighted by Gasteiger charge is -2.01. The van der Waals surface area contributed by atoms with Crippen molar-refractivity contribution in [2.24, 2.45) is 4.99 Å². The van der Waals surface area contributed by atoms with Crippen LogP contribution in [-0.4, -0.2) is 25.5 Å². The second kappa shape index (κ2) is 3.68. The average molecular weight is 253 g/mol. The van der Waals surface area contributed by atoms with Crippen molar-refractivity contribution in [3.8, 4) is 0 Å². The highest BCUT2D eigenvalue weighted by molar-refractivity contribution is 9.21. The first kappa shape index (κ1) is 9.88. The Labute approximate surface area is 79.8 Å². The third-order valence-corrected chi connectivity index (χ3v) is 4.40. The Hall–Kier alpha value is -0.200. The predicted molar refractivity (Wildman–Crippen MR) is 51.9 cm³/mol. The molecule has 0 aromatic rings. The maximum absolute atomic E-state index is 11.3. The van der Waals surface area contributed by atoms with Crippen LogP contribution in [0.1, 0.15) is 6.92 Å². The Kier molecular flexibility index (Phi) is 3.03. The monoisotopic (exact) mass is 252 g/mol. The summed E-state index contributed by atoms with van der Waals surface area (Å²) in [4.78, 5) is 3.98. The van der Waals surface area contributed by atoms with Crippen molar-refractivity contribution in [2.75, 3.05) is 13.1 Å². The van der Waals surface area contributed by atoms with Gasteiger partial charge in [-0.25, -0.2) is 13.4 Å². The summed E-state index contributed by atoms with van der Waals surface area (Å²) in [6, 6.07) is 0. The third-order valence-electron chi connectivity index (χ3n) is 1.43. The summed E-state index contributed by atoms with van der Waals surface area (Å²) < 4.78 is 22.6. The van der Waals surface area contributed by atoms with Gasteiger partial charge < -0.3 is 5.32 Å². The lowest BCUT2D eigenvalue weighted by Crippen LogP contribution is -2.21. The van der Waals surface area contributed by atoms with Crippen LogP contribution in [0.3, 0.4) is 0 Å². The molecule has 1 N–H and O–H groups in total. The van der Waals surface area contributed by atoms with E-state index in [9.17, 15) is 8.42 Å². The van der Waals surface area contributed by atoms with Gasteiger partial charge in [-0.05, 0) is 22.5 Å². The Morgan fingerprint density at radius 2 is 2.33 bits per heavy atom. The minimum absolute atomic E-state index is 0.00269. The molecule has 0 saturated carbocycles. The van der Waals surface area contributed by atoms with Gasteiger partial charge in [-0.1, -0.05) is 6.92 Å². The van der Waals surface area contributed by atoms with Gasteiger partial charge >= 0.3 is 0 Å². The summed E-state index contributed by atoms with van der Waals surface area (Å²) in [6.07, 6.45) is 1.36. The Bertz CT molecular complexity index is 331. The van der Waals surface area contributed by atoms with Gasteiger partial charge in [-0.2, -0.15) is 0 Å². The molecule has 0 amide bonds. The molecule has 0 fully saturated rings. The molecule has 1 aliphatic rings. The van der Waals surface area contributed by atoms with Crippen LogP contribution in [0.5, 0.6) is 0 Å². The Morgan fingerprint density at radius 3 is 2.75 bits per heavy atom. The number of hydrogen-bond acceptors (Lipinski definition) is 4. The number of nitrogens with one attached hydrogen (secondary N) is 1. The largest absolute Gasteiger partial charge is 0.312 e.